The van der Waals surface area contributed by atoms with Gasteiger partial charge in [-0.3, -0.25) is 4.57 Å². The third-order valence-electron chi connectivity index (χ3n) is 1.31. The summed E-state index contributed by atoms with van der Waals surface area (Å²) in [6.07, 6.45) is 0. The number of halogens is 2. The molecule has 0 bridgehead atoms. The second-order valence-electron chi connectivity index (χ2n) is 2.28. The van der Waals surface area contributed by atoms with Gasteiger partial charge >= 0.3 is 6.00 Å². The normalized spacial score (nSPS) is 11.5. The second kappa shape index (κ2) is 4.29. The van der Waals surface area contributed by atoms with Crippen molar-refractivity contribution >= 4 is 28.5 Å². The fraction of sp³-hybridized carbons (Fsp3) is 0.143. The van der Waals surface area contributed by atoms with E-state index in [9.17, 15) is 4.57 Å². The van der Waals surface area contributed by atoms with E-state index in [1.165, 1.54) is 0 Å². The average molecular weight is 224 g/mol. The van der Waals surface area contributed by atoms with Crippen LogP contribution in [-0.4, -0.2) is 0 Å². The molecule has 2 nitrogen and oxygen atoms in total. The van der Waals surface area contributed by atoms with Crippen molar-refractivity contribution in [3.63, 3.8) is 0 Å². The van der Waals surface area contributed by atoms with Crippen molar-refractivity contribution in [2.45, 2.75) is 6.54 Å². The second-order valence-corrected chi connectivity index (χ2v) is 6.90. The lowest BCUT2D eigenvalue weighted by atomic mass is 10.2. The van der Waals surface area contributed by atoms with E-state index in [2.05, 4.69) is 5.09 Å². The van der Waals surface area contributed by atoms with Gasteiger partial charge in [-0.05, 0) is 28.0 Å². The van der Waals surface area contributed by atoms with Crippen molar-refractivity contribution in [2.75, 3.05) is 0 Å². The Bertz CT molecular complexity index is 285. The van der Waals surface area contributed by atoms with Crippen LogP contribution in [0, 0.1) is 0 Å². The minimum atomic E-state index is -3.14. The molecule has 0 aliphatic heterocycles. The van der Waals surface area contributed by atoms with Gasteiger partial charge in [0, 0.05) is 6.54 Å². The topological polar surface area (TPSA) is 29.1 Å². The lowest BCUT2D eigenvalue weighted by Crippen LogP contribution is -2.03. The fourth-order valence-corrected chi connectivity index (χ4v) is 1.50. The van der Waals surface area contributed by atoms with Crippen LogP contribution in [0.5, 0.6) is 0 Å². The number of benzene rings is 1. The van der Waals surface area contributed by atoms with E-state index in [-0.39, 0.29) is 0 Å². The van der Waals surface area contributed by atoms with Gasteiger partial charge in [0.1, 0.15) is 0 Å². The maximum atomic E-state index is 10.8. The molecule has 12 heavy (non-hydrogen) atoms. The largest absolute Gasteiger partial charge is 0.319 e. The standard InChI is InChI=1S/C7H8Cl2NOP/c8-12(9,11)10-6-7-4-2-1-3-5-7/h1-5H,6H2,(H,10,11). The molecular weight excluding hydrogens is 216 g/mol. The lowest BCUT2D eigenvalue weighted by molar-refractivity contribution is 0.584. The van der Waals surface area contributed by atoms with E-state index in [0.29, 0.717) is 6.54 Å². The molecule has 0 heterocycles. The zero-order valence-corrected chi connectivity index (χ0v) is 8.61. The van der Waals surface area contributed by atoms with Gasteiger partial charge in [0.25, 0.3) is 0 Å². The first kappa shape index (κ1) is 10.1. The third-order valence-corrected chi connectivity index (χ3v) is 2.55. The zero-order chi connectivity index (χ0) is 9.03. The Labute approximate surface area is 80.9 Å². The van der Waals surface area contributed by atoms with E-state index >= 15 is 0 Å². The predicted molar refractivity (Wildman–Crippen MR) is 52.6 cm³/mol. The molecule has 0 fully saturated rings. The van der Waals surface area contributed by atoms with Crippen molar-refractivity contribution in [3.05, 3.63) is 35.9 Å². The highest BCUT2D eigenvalue weighted by Crippen LogP contribution is 2.52. The van der Waals surface area contributed by atoms with Crippen molar-refractivity contribution in [1.82, 2.24) is 5.09 Å². The van der Waals surface area contributed by atoms with Gasteiger partial charge in [0.15, 0.2) is 0 Å². The molecule has 0 aliphatic rings. The van der Waals surface area contributed by atoms with Gasteiger partial charge in [-0.25, -0.2) is 5.09 Å². The zero-order valence-electron chi connectivity index (χ0n) is 6.21. The van der Waals surface area contributed by atoms with Crippen LogP contribution in [0.4, 0.5) is 0 Å². The van der Waals surface area contributed by atoms with Crippen LogP contribution in [0.15, 0.2) is 30.3 Å². The molecule has 1 aromatic rings. The van der Waals surface area contributed by atoms with Crippen molar-refractivity contribution in [1.29, 1.82) is 0 Å². The van der Waals surface area contributed by atoms with Gasteiger partial charge in [-0.1, -0.05) is 30.3 Å². The summed E-state index contributed by atoms with van der Waals surface area (Å²) in [6.45, 7) is 0.422. The minimum Gasteiger partial charge on any atom is -0.271 e. The number of hydrogen-bond donors (Lipinski definition) is 1. The summed E-state index contributed by atoms with van der Waals surface area (Å²) in [5, 5.41) is 2.52. The Morgan fingerprint density at radius 2 is 1.83 bits per heavy atom. The molecule has 0 amide bonds. The molecule has 1 N–H and O–H groups in total. The number of hydrogen-bond acceptors (Lipinski definition) is 1. The molecule has 66 valence electrons. The smallest absolute Gasteiger partial charge is 0.271 e. The van der Waals surface area contributed by atoms with Gasteiger partial charge in [0.05, 0.1) is 0 Å². The van der Waals surface area contributed by atoms with Crippen LogP contribution < -0.4 is 5.09 Å². The summed E-state index contributed by atoms with van der Waals surface area (Å²) in [7, 11) is 0. The van der Waals surface area contributed by atoms with Crippen LogP contribution in [0.25, 0.3) is 0 Å². The maximum absolute atomic E-state index is 10.8. The quantitative estimate of drug-likeness (QED) is 0.797. The Morgan fingerprint density at radius 3 is 2.33 bits per heavy atom. The van der Waals surface area contributed by atoms with Gasteiger partial charge in [0.2, 0.25) is 0 Å². The Morgan fingerprint density at radius 1 is 1.25 bits per heavy atom. The Kier molecular flexibility index (Phi) is 3.60. The van der Waals surface area contributed by atoms with E-state index in [4.69, 9.17) is 22.5 Å². The maximum Gasteiger partial charge on any atom is 0.319 e. The molecule has 0 unspecified atom stereocenters. The van der Waals surface area contributed by atoms with Crippen LogP contribution in [0.1, 0.15) is 5.56 Å². The van der Waals surface area contributed by atoms with Gasteiger partial charge < -0.3 is 0 Å². The molecule has 5 heteroatoms. The molecular formula is C7H8Cl2NOP. The molecule has 1 rings (SSSR count). The highest BCUT2D eigenvalue weighted by atomic mass is 35.9. The van der Waals surface area contributed by atoms with Crippen LogP contribution in [-0.2, 0) is 11.1 Å². The summed E-state index contributed by atoms with van der Waals surface area (Å²) in [5.74, 6) is -3.14. The first-order valence-electron chi connectivity index (χ1n) is 3.36. The number of rotatable bonds is 3. The SMILES string of the molecule is O=P(Cl)(Cl)NCc1ccccc1. The van der Waals surface area contributed by atoms with Crippen molar-refractivity contribution in [2.24, 2.45) is 0 Å². The molecule has 0 aromatic heterocycles. The van der Waals surface area contributed by atoms with Crippen molar-refractivity contribution < 1.29 is 4.57 Å². The van der Waals surface area contributed by atoms with Gasteiger partial charge in [-0.15, -0.1) is 0 Å². The van der Waals surface area contributed by atoms with E-state index < -0.39 is 6.00 Å². The minimum absolute atomic E-state index is 0.422. The molecule has 0 atom stereocenters. The molecule has 0 spiro atoms. The Hall–Kier alpha value is -0.0100. The predicted octanol–water partition coefficient (Wildman–Crippen LogP) is 3.36. The summed E-state index contributed by atoms with van der Waals surface area (Å²) in [5.41, 5.74) is 0.999. The van der Waals surface area contributed by atoms with Gasteiger partial charge in [-0.2, -0.15) is 0 Å². The molecule has 0 radical (unpaired) electrons. The van der Waals surface area contributed by atoms with E-state index in [1.54, 1.807) is 0 Å². The van der Waals surface area contributed by atoms with Crippen LogP contribution >= 0.6 is 28.5 Å². The first-order valence-corrected chi connectivity index (χ1v) is 6.88. The highest BCUT2D eigenvalue weighted by Gasteiger charge is 2.11. The van der Waals surface area contributed by atoms with E-state index in [1.807, 2.05) is 30.3 Å². The third kappa shape index (κ3) is 4.13. The Balaban J connectivity index is 2.50. The summed E-state index contributed by atoms with van der Waals surface area (Å²) in [4.78, 5) is 0. The monoisotopic (exact) mass is 223 g/mol. The average Bonchev–Trinajstić information content (AvgIpc) is 2.02. The van der Waals surface area contributed by atoms with Crippen LogP contribution in [0.2, 0.25) is 0 Å². The summed E-state index contributed by atoms with van der Waals surface area (Å²) >= 11 is 10.6. The van der Waals surface area contributed by atoms with E-state index in [0.717, 1.165) is 5.56 Å². The molecule has 1 aromatic carbocycles. The molecule has 0 saturated heterocycles. The summed E-state index contributed by atoms with van der Waals surface area (Å²) in [6, 6.07) is 9.49. The first-order chi connectivity index (χ1) is 5.58. The fourth-order valence-electron chi connectivity index (χ4n) is 0.779. The number of nitrogens with one attached hydrogen (secondary N) is 1. The van der Waals surface area contributed by atoms with Crippen molar-refractivity contribution in [3.8, 4) is 0 Å². The van der Waals surface area contributed by atoms with Crippen LogP contribution in [0.3, 0.4) is 0 Å². The lowest BCUT2D eigenvalue weighted by Gasteiger charge is -2.03. The molecule has 0 aliphatic carbocycles. The summed E-state index contributed by atoms with van der Waals surface area (Å²) < 4.78 is 10.8. The molecule has 0 saturated carbocycles. The highest BCUT2D eigenvalue weighted by molar-refractivity contribution is 8.07.